The van der Waals surface area contributed by atoms with E-state index in [1.807, 2.05) is 51.7 Å². The number of thioether (sulfide) groups is 1. The van der Waals surface area contributed by atoms with Crippen molar-refractivity contribution < 1.29 is 9.59 Å². The first-order valence-corrected chi connectivity index (χ1v) is 10.6. The lowest BCUT2D eigenvalue weighted by molar-refractivity contribution is -0.137. The molecule has 27 heavy (non-hydrogen) atoms. The summed E-state index contributed by atoms with van der Waals surface area (Å²) in [5.74, 6) is 1.77. The Kier molecular flexibility index (Phi) is 5.48. The number of anilines is 1. The van der Waals surface area contributed by atoms with Crippen molar-refractivity contribution in [2.75, 3.05) is 23.4 Å². The van der Waals surface area contributed by atoms with Gasteiger partial charge in [-0.3, -0.25) is 9.59 Å². The normalized spacial score (nSPS) is 20.0. The van der Waals surface area contributed by atoms with Gasteiger partial charge in [0.15, 0.2) is 0 Å². The molecule has 1 saturated heterocycles. The molecule has 3 heterocycles. The Hall–Kier alpha value is -2.28. The van der Waals surface area contributed by atoms with Crippen LogP contribution in [0.5, 0.6) is 0 Å². The Morgan fingerprint density at radius 3 is 2.89 bits per heavy atom. The van der Waals surface area contributed by atoms with Gasteiger partial charge >= 0.3 is 0 Å². The van der Waals surface area contributed by atoms with Gasteiger partial charge in [0, 0.05) is 43.6 Å². The molecule has 0 spiro atoms. The molecule has 1 aromatic heterocycles. The summed E-state index contributed by atoms with van der Waals surface area (Å²) in [5, 5.41) is 2.89. The number of hydrogen-bond acceptors (Lipinski definition) is 4. The number of hydrogen-bond donors (Lipinski definition) is 1. The van der Waals surface area contributed by atoms with Crippen LogP contribution in [0.15, 0.2) is 43.0 Å². The van der Waals surface area contributed by atoms with E-state index in [0.717, 1.165) is 42.1 Å². The summed E-state index contributed by atoms with van der Waals surface area (Å²) in [7, 11) is 0. The maximum Gasteiger partial charge on any atom is 0.231 e. The van der Waals surface area contributed by atoms with Gasteiger partial charge < -0.3 is 14.8 Å². The van der Waals surface area contributed by atoms with Gasteiger partial charge in [-0.2, -0.15) is 11.8 Å². The van der Waals surface area contributed by atoms with Crippen molar-refractivity contribution in [2.24, 2.45) is 0 Å². The average molecular weight is 385 g/mol. The summed E-state index contributed by atoms with van der Waals surface area (Å²) >= 11 is 1.95. The van der Waals surface area contributed by atoms with E-state index in [0.29, 0.717) is 6.54 Å². The van der Waals surface area contributed by atoms with E-state index >= 15 is 0 Å². The molecule has 0 radical (unpaired) electrons. The number of carbonyl (C=O) groups excluding carboxylic acids is 2. The Morgan fingerprint density at radius 2 is 2.11 bits per heavy atom. The number of nitrogens with one attached hydrogen (secondary N) is 1. The van der Waals surface area contributed by atoms with Crippen molar-refractivity contribution in [1.29, 1.82) is 0 Å². The molecule has 0 aliphatic carbocycles. The summed E-state index contributed by atoms with van der Waals surface area (Å²) in [6, 6.07) is 7.91. The molecule has 2 amide bonds. The minimum absolute atomic E-state index is 0.0781. The van der Waals surface area contributed by atoms with Crippen LogP contribution >= 0.6 is 11.8 Å². The van der Waals surface area contributed by atoms with E-state index in [1.165, 1.54) is 0 Å². The highest BCUT2D eigenvalue weighted by Crippen LogP contribution is 2.35. The fourth-order valence-corrected chi connectivity index (χ4v) is 5.03. The molecule has 142 valence electrons. The lowest BCUT2D eigenvalue weighted by Gasteiger charge is -2.37. The van der Waals surface area contributed by atoms with Crippen LogP contribution in [0.25, 0.3) is 0 Å². The van der Waals surface area contributed by atoms with Gasteiger partial charge in [0.2, 0.25) is 11.8 Å². The molecule has 2 aromatic rings. The molecule has 1 N–H and O–H groups in total. The Bertz CT molecular complexity index is 802. The van der Waals surface area contributed by atoms with Crippen molar-refractivity contribution in [1.82, 2.24) is 14.5 Å². The van der Waals surface area contributed by atoms with Gasteiger partial charge in [-0.1, -0.05) is 18.2 Å². The van der Waals surface area contributed by atoms with Gasteiger partial charge in [0.1, 0.15) is 0 Å². The molecular formula is C20H24N4O2S. The third kappa shape index (κ3) is 4.03. The molecule has 1 fully saturated rings. The molecule has 6 nitrogen and oxygen atoms in total. The predicted molar refractivity (Wildman–Crippen MR) is 107 cm³/mol. The summed E-state index contributed by atoms with van der Waals surface area (Å²) in [6.07, 6.45) is 7.71. The second-order valence-corrected chi connectivity index (χ2v) is 8.29. The molecule has 1 atom stereocenters. The number of amides is 2. The fraction of sp³-hybridized carbons (Fsp3) is 0.450. The van der Waals surface area contributed by atoms with Crippen LogP contribution in [0, 0.1) is 0 Å². The fourth-order valence-electron chi connectivity index (χ4n) is 3.94. The monoisotopic (exact) mass is 384 g/mol. The van der Waals surface area contributed by atoms with E-state index in [2.05, 4.69) is 10.3 Å². The van der Waals surface area contributed by atoms with Crippen LogP contribution in [-0.4, -0.2) is 50.4 Å². The molecule has 1 aromatic carbocycles. The molecule has 0 bridgehead atoms. The van der Waals surface area contributed by atoms with Gasteiger partial charge in [0.25, 0.3) is 0 Å². The zero-order valence-electron chi connectivity index (χ0n) is 15.2. The molecule has 1 unspecified atom stereocenters. The minimum Gasteiger partial charge on any atom is -0.337 e. The number of imidazole rings is 1. The lowest BCUT2D eigenvalue weighted by atomic mass is 9.88. The molecule has 2 aliphatic heterocycles. The highest BCUT2D eigenvalue weighted by atomic mass is 32.2. The van der Waals surface area contributed by atoms with Crippen LogP contribution in [0.3, 0.4) is 0 Å². The minimum atomic E-state index is -0.396. The summed E-state index contributed by atoms with van der Waals surface area (Å²) in [4.78, 5) is 31.9. The molecule has 7 heteroatoms. The van der Waals surface area contributed by atoms with Gasteiger partial charge in [-0.15, -0.1) is 0 Å². The first-order chi connectivity index (χ1) is 13.2. The maximum atomic E-state index is 13.6. The zero-order valence-corrected chi connectivity index (χ0v) is 16.0. The van der Waals surface area contributed by atoms with Crippen molar-refractivity contribution in [3.8, 4) is 0 Å². The van der Waals surface area contributed by atoms with E-state index < -0.39 is 5.92 Å². The van der Waals surface area contributed by atoms with Gasteiger partial charge in [0.05, 0.1) is 12.2 Å². The summed E-state index contributed by atoms with van der Waals surface area (Å²) < 4.78 is 2.00. The van der Waals surface area contributed by atoms with E-state index in [1.54, 1.807) is 12.5 Å². The third-order valence-corrected chi connectivity index (χ3v) is 6.42. The van der Waals surface area contributed by atoms with Crippen molar-refractivity contribution in [3.63, 3.8) is 0 Å². The number of nitrogens with zero attached hydrogens (tertiary/aromatic N) is 3. The number of aromatic nitrogens is 2. The third-order valence-electron chi connectivity index (χ3n) is 5.37. The Morgan fingerprint density at radius 1 is 1.30 bits per heavy atom. The quantitative estimate of drug-likeness (QED) is 0.861. The molecular weight excluding hydrogens is 360 g/mol. The number of carbonyl (C=O) groups is 2. The van der Waals surface area contributed by atoms with Gasteiger partial charge in [-0.05, 0) is 36.0 Å². The summed E-state index contributed by atoms with van der Waals surface area (Å²) in [6.45, 7) is 1.36. The largest absolute Gasteiger partial charge is 0.337 e. The van der Waals surface area contributed by atoms with Gasteiger partial charge in [-0.25, -0.2) is 4.98 Å². The number of rotatable bonds is 5. The highest BCUT2D eigenvalue weighted by Gasteiger charge is 2.36. The average Bonchev–Trinajstić information content (AvgIpc) is 3.21. The zero-order chi connectivity index (χ0) is 18.6. The SMILES string of the molecule is O=C1CC(C(=O)N(CCn2ccnc2)C2CCSCC2)c2ccccc2N1. The Labute approximate surface area is 163 Å². The van der Waals surface area contributed by atoms with E-state index in [9.17, 15) is 9.59 Å². The molecule has 0 saturated carbocycles. The van der Waals surface area contributed by atoms with E-state index in [4.69, 9.17) is 0 Å². The van der Waals surface area contributed by atoms with Crippen molar-refractivity contribution in [2.45, 2.75) is 37.8 Å². The highest BCUT2D eigenvalue weighted by molar-refractivity contribution is 7.99. The standard InChI is InChI=1S/C20H24N4O2S/c25-19-13-17(16-3-1-2-4-18(16)22-19)20(26)24(15-5-11-27-12-6-15)10-9-23-8-7-21-14-23/h1-4,7-8,14-15,17H,5-6,9-13H2,(H,22,25). The first-order valence-electron chi connectivity index (χ1n) is 9.45. The topological polar surface area (TPSA) is 67.2 Å². The smallest absolute Gasteiger partial charge is 0.231 e. The molecule has 4 rings (SSSR count). The maximum absolute atomic E-state index is 13.6. The van der Waals surface area contributed by atoms with Crippen molar-refractivity contribution in [3.05, 3.63) is 48.5 Å². The molecule has 2 aliphatic rings. The van der Waals surface area contributed by atoms with Crippen LogP contribution in [-0.2, 0) is 16.1 Å². The van der Waals surface area contributed by atoms with Crippen LogP contribution in [0.4, 0.5) is 5.69 Å². The number of para-hydroxylation sites is 1. The van der Waals surface area contributed by atoms with Crippen molar-refractivity contribution >= 4 is 29.3 Å². The first kappa shape index (κ1) is 18.1. The lowest BCUT2D eigenvalue weighted by Crippen LogP contribution is -2.47. The number of fused-ring (bicyclic) bond motifs is 1. The number of benzene rings is 1. The second kappa shape index (κ2) is 8.17. The van der Waals surface area contributed by atoms with Crippen LogP contribution < -0.4 is 5.32 Å². The van der Waals surface area contributed by atoms with E-state index in [-0.39, 0.29) is 24.3 Å². The predicted octanol–water partition coefficient (Wildman–Crippen LogP) is 2.73. The van der Waals surface area contributed by atoms with Crippen LogP contribution in [0.1, 0.15) is 30.7 Å². The Balaban J connectivity index is 1.58. The summed E-state index contributed by atoms with van der Waals surface area (Å²) in [5.41, 5.74) is 1.70. The van der Waals surface area contributed by atoms with Crippen LogP contribution in [0.2, 0.25) is 0 Å². The second-order valence-electron chi connectivity index (χ2n) is 7.07.